The van der Waals surface area contributed by atoms with Gasteiger partial charge >= 0.3 is 0 Å². The van der Waals surface area contributed by atoms with Crippen molar-refractivity contribution in [2.24, 2.45) is 5.41 Å². The van der Waals surface area contributed by atoms with Crippen LogP contribution in [0.15, 0.2) is 18.2 Å². The van der Waals surface area contributed by atoms with Gasteiger partial charge in [0.05, 0.1) is 11.3 Å². The lowest BCUT2D eigenvalue weighted by Gasteiger charge is -2.25. The van der Waals surface area contributed by atoms with Crippen molar-refractivity contribution in [1.29, 1.82) is 0 Å². The van der Waals surface area contributed by atoms with Gasteiger partial charge in [-0.3, -0.25) is 9.59 Å². The number of halogens is 2. The summed E-state index contributed by atoms with van der Waals surface area (Å²) in [5.74, 6) is -1.91. The topological polar surface area (TPSA) is 79.3 Å². The van der Waals surface area contributed by atoms with E-state index in [1.165, 1.54) is 19.2 Å². The highest BCUT2D eigenvalue weighted by molar-refractivity contribution is 5.97. The summed E-state index contributed by atoms with van der Waals surface area (Å²) in [7, 11) is 3.46. The van der Waals surface area contributed by atoms with Crippen LogP contribution in [0, 0.1) is 17.0 Å². The van der Waals surface area contributed by atoms with E-state index in [-0.39, 0.29) is 28.4 Å². The minimum absolute atomic E-state index is 0.133. The fourth-order valence-corrected chi connectivity index (χ4v) is 4.00. The molecule has 2 N–H and O–H groups in total. The summed E-state index contributed by atoms with van der Waals surface area (Å²) in [6, 6.07) is 2.58. The van der Waals surface area contributed by atoms with Crippen LogP contribution in [0.2, 0.25) is 0 Å². The number of hydrogen-bond acceptors (Lipinski definition) is 4. The van der Waals surface area contributed by atoms with Gasteiger partial charge < -0.3 is 20.1 Å². The molecule has 2 heterocycles. The van der Waals surface area contributed by atoms with Crippen LogP contribution in [-0.4, -0.2) is 52.9 Å². The second-order valence-corrected chi connectivity index (χ2v) is 9.50. The van der Waals surface area contributed by atoms with E-state index in [1.807, 2.05) is 32.4 Å². The molecule has 1 aliphatic heterocycles. The van der Waals surface area contributed by atoms with E-state index in [4.69, 9.17) is 0 Å². The second kappa shape index (κ2) is 9.36. The van der Waals surface area contributed by atoms with Crippen LogP contribution in [0.5, 0.6) is 0 Å². The first-order chi connectivity index (χ1) is 15.0. The highest BCUT2D eigenvalue weighted by Crippen LogP contribution is 2.29. The van der Waals surface area contributed by atoms with Crippen molar-refractivity contribution < 1.29 is 18.4 Å². The molecule has 1 atom stereocenters. The standard InChI is InChI=1S/C23H31F2N5O2/c1-23(2,3)12-17(21(31)26-4)27-22(32)19-18-13-29(5)9-6-10-30(18)20(28-19)15-8-7-14(24)11-16(15)25/h7-8,11,17H,6,9-10,12-13H2,1-5H3,(H,26,31)(H,27,32)/t17-/m0/s1. The summed E-state index contributed by atoms with van der Waals surface area (Å²) in [6.45, 7) is 7.76. The van der Waals surface area contributed by atoms with Gasteiger partial charge in [-0.1, -0.05) is 20.8 Å². The molecule has 0 aliphatic carbocycles. The van der Waals surface area contributed by atoms with Crippen molar-refractivity contribution in [3.05, 3.63) is 41.2 Å². The zero-order chi connectivity index (χ0) is 23.6. The predicted octanol–water partition coefficient (Wildman–Crippen LogP) is 2.94. The summed E-state index contributed by atoms with van der Waals surface area (Å²) in [5, 5.41) is 5.41. The maximum absolute atomic E-state index is 14.6. The Morgan fingerprint density at radius 1 is 1.22 bits per heavy atom. The summed E-state index contributed by atoms with van der Waals surface area (Å²) in [6.07, 6.45) is 1.23. The zero-order valence-electron chi connectivity index (χ0n) is 19.3. The Bertz CT molecular complexity index is 1010. The molecular formula is C23H31F2N5O2. The number of rotatable bonds is 5. The van der Waals surface area contributed by atoms with Gasteiger partial charge in [0.2, 0.25) is 5.91 Å². The number of benzene rings is 1. The van der Waals surface area contributed by atoms with Gasteiger partial charge in [-0.25, -0.2) is 13.8 Å². The van der Waals surface area contributed by atoms with Crippen molar-refractivity contribution in [3.63, 3.8) is 0 Å². The number of hydrogen-bond donors (Lipinski definition) is 2. The molecule has 1 aromatic heterocycles. The lowest BCUT2D eigenvalue weighted by atomic mass is 9.87. The lowest BCUT2D eigenvalue weighted by molar-refractivity contribution is -0.123. The molecule has 0 saturated carbocycles. The Morgan fingerprint density at radius 3 is 2.56 bits per heavy atom. The molecule has 2 aromatic rings. The van der Waals surface area contributed by atoms with Gasteiger partial charge in [-0.15, -0.1) is 0 Å². The Balaban J connectivity index is 2.04. The van der Waals surface area contributed by atoms with Gasteiger partial charge in [0.15, 0.2) is 5.69 Å². The second-order valence-electron chi connectivity index (χ2n) is 9.50. The molecule has 32 heavy (non-hydrogen) atoms. The molecule has 174 valence electrons. The van der Waals surface area contributed by atoms with E-state index >= 15 is 0 Å². The highest BCUT2D eigenvalue weighted by atomic mass is 19.1. The average molecular weight is 448 g/mol. The Morgan fingerprint density at radius 2 is 1.94 bits per heavy atom. The molecular weight excluding hydrogens is 416 g/mol. The number of imidazole rings is 1. The maximum atomic E-state index is 14.6. The fraction of sp³-hybridized carbons (Fsp3) is 0.522. The Labute approximate surface area is 187 Å². The molecule has 1 aliphatic rings. The zero-order valence-corrected chi connectivity index (χ0v) is 19.3. The van der Waals surface area contributed by atoms with Crippen molar-refractivity contribution >= 4 is 11.8 Å². The average Bonchev–Trinajstić information content (AvgIpc) is 2.92. The SMILES string of the molecule is CNC(=O)[C@H](CC(C)(C)C)NC(=O)c1nc(-c2ccc(F)cc2F)n2c1CN(C)CCC2. The van der Waals surface area contributed by atoms with Crippen molar-refractivity contribution in [1.82, 2.24) is 25.1 Å². The first kappa shape index (κ1) is 23.8. The molecule has 0 saturated heterocycles. The number of amides is 2. The number of nitrogens with one attached hydrogen (secondary N) is 2. The van der Waals surface area contributed by atoms with Crippen LogP contribution in [0.1, 0.15) is 49.8 Å². The van der Waals surface area contributed by atoms with Crippen LogP contribution in [-0.2, 0) is 17.9 Å². The Kier molecular flexibility index (Phi) is 6.97. The summed E-state index contributed by atoms with van der Waals surface area (Å²) in [5.41, 5.74) is 0.736. The lowest BCUT2D eigenvalue weighted by Crippen LogP contribution is -2.47. The fourth-order valence-electron chi connectivity index (χ4n) is 4.00. The molecule has 7 nitrogen and oxygen atoms in total. The van der Waals surface area contributed by atoms with Crippen LogP contribution >= 0.6 is 0 Å². The van der Waals surface area contributed by atoms with Crippen LogP contribution in [0.4, 0.5) is 8.78 Å². The molecule has 0 fully saturated rings. The molecule has 2 amide bonds. The highest BCUT2D eigenvalue weighted by Gasteiger charge is 2.31. The maximum Gasteiger partial charge on any atom is 0.272 e. The third-order valence-electron chi connectivity index (χ3n) is 5.49. The first-order valence-corrected chi connectivity index (χ1v) is 10.8. The monoisotopic (exact) mass is 447 g/mol. The number of nitrogens with zero attached hydrogens (tertiary/aromatic N) is 3. The van der Waals surface area contributed by atoms with Gasteiger partial charge in [-0.2, -0.15) is 0 Å². The van der Waals surface area contributed by atoms with E-state index in [9.17, 15) is 18.4 Å². The molecule has 3 rings (SSSR count). The van der Waals surface area contributed by atoms with Gasteiger partial charge in [-0.05, 0) is 44.0 Å². The number of carbonyl (C=O) groups excluding carboxylic acids is 2. The van der Waals surface area contributed by atoms with Crippen LogP contribution in [0.25, 0.3) is 11.4 Å². The molecule has 0 unspecified atom stereocenters. The third kappa shape index (κ3) is 5.32. The summed E-state index contributed by atoms with van der Waals surface area (Å²) < 4.78 is 29.9. The predicted molar refractivity (Wildman–Crippen MR) is 118 cm³/mol. The molecule has 9 heteroatoms. The van der Waals surface area contributed by atoms with E-state index in [2.05, 4.69) is 20.5 Å². The first-order valence-electron chi connectivity index (χ1n) is 10.8. The van der Waals surface area contributed by atoms with E-state index in [0.717, 1.165) is 19.0 Å². The van der Waals surface area contributed by atoms with Crippen LogP contribution in [0.3, 0.4) is 0 Å². The minimum atomic E-state index is -0.738. The van der Waals surface area contributed by atoms with Crippen molar-refractivity contribution in [2.75, 3.05) is 20.6 Å². The quantitative estimate of drug-likeness (QED) is 0.739. The Hall–Kier alpha value is -2.81. The minimum Gasteiger partial charge on any atom is -0.357 e. The normalized spacial score (nSPS) is 15.6. The van der Waals surface area contributed by atoms with E-state index < -0.39 is 23.6 Å². The number of fused-ring (bicyclic) bond motifs is 1. The third-order valence-corrected chi connectivity index (χ3v) is 5.49. The number of likely N-dealkylation sites (N-methyl/N-ethyl adjacent to an activating group) is 1. The number of aromatic nitrogens is 2. The van der Waals surface area contributed by atoms with Crippen molar-refractivity contribution in [2.45, 2.75) is 52.7 Å². The summed E-state index contributed by atoms with van der Waals surface area (Å²) in [4.78, 5) is 32.3. The van der Waals surface area contributed by atoms with E-state index in [0.29, 0.717) is 25.2 Å². The summed E-state index contributed by atoms with van der Waals surface area (Å²) >= 11 is 0. The molecule has 1 aromatic carbocycles. The largest absolute Gasteiger partial charge is 0.357 e. The van der Waals surface area contributed by atoms with Gasteiger partial charge in [0.1, 0.15) is 23.5 Å². The van der Waals surface area contributed by atoms with E-state index in [1.54, 1.807) is 0 Å². The van der Waals surface area contributed by atoms with Crippen molar-refractivity contribution in [3.8, 4) is 11.4 Å². The smallest absolute Gasteiger partial charge is 0.272 e. The van der Waals surface area contributed by atoms with Gasteiger partial charge in [0.25, 0.3) is 5.91 Å². The molecule has 0 radical (unpaired) electrons. The molecule has 0 bridgehead atoms. The molecule has 0 spiro atoms. The van der Waals surface area contributed by atoms with Gasteiger partial charge in [0, 0.05) is 26.2 Å². The van der Waals surface area contributed by atoms with Crippen LogP contribution < -0.4 is 10.6 Å². The number of carbonyl (C=O) groups is 2.